The van der Waals surface area contributed by atoms with Crippen LogP contribution in [0.3, 0.4) is 0 Å². The molecule has 0 saturated carbocycles. The standard InChI is InChI=1S/C18H23F3N4OS/c1-12-13(2)27-16(25-12)9-11-24-17(22-3)23-10-8-14-4-6-15(7-5-14)26-18(19,20)21/h4-7H,8-11H2,1-3H3,(H2,22,23,24). The van der Waals surface area contributed by atoms with E-state index < -0.39 is 6.36 Å². The minimum Gasteiger partial charge on any atom is -0.406 e. The first-order valence-corrected chi connectivity index (χ1v) is 9.30. The van der Waals surface area contributed by atoms with Crippen LogP contribution in [0.25, 0.3) is 0 Å². The summed E-state index contributed by atoms with van der Waals surface area (Å²) in [7, 11) is 1.69. The maximum atomic E-state index is 12.1. The summed E-state index contributed by atoms with van der Waals surface area (Å²) in [5, 5.41) is 7.50. The predicted molar refractivity (Wildman–Crippen MR) is 101 cm³/mol. The predicted octanol–water partition coefficient (Wildman–Crippen LogP) is 3.61. The lowest BCUT2D eigenvalue weighted by Crippen LogP contribution is -2.39. The van der Waals surface area contributed by atoms with E-state index in [2.05, 4.69) is 32.3 Å². The van der Waals surface area contributed by atoms with Crippen LogP contribution >= 0.6 is 11.3 Å². The number of aromatic nitrogens is 1. The molecule has 1 aromatic carbocycles. The van der Waals surface area contributed by atoms with Crippen molar-refractivity contribution in [3.63, 3.8) is 0 Å². The molecule has 0 atom stereocenters. The molecule has 5 nitrogen and oxygen atoms in total. The molecule has 0 aliphatic heterocycles. The normalized spacial score (nSPS) is 12.1. The van der Waals surface area contributed by atoms with Gasteiger partial charge in [0.05, 0.1) is 10.7 Å². The van der Waals surface area contributed by atoms with Gasteiger partial charge >= 0.3 is 6.36 Å². The maximum absolute atomic E-state index is 12.1. The molecule has 0 aliphatic carbocycles. The van der Waals surface area contributed by atoms with Crippen LogP contribution in [-0.4, -0.2) is 37.4 Å². The number of guanidine groups is 1. The van der Waals surface area contributed by atoms with Gasteiger partial charge in [0.1, 0.15) is 5.75 Å². The van der Waals surface area contributed by atoms with E-state index in [-0.39, 0.29) is 5.75 Å². The van der Waals surface area contributed by atoms with Gasteiger partial charge in [-0.3, -0.25) is 4.99 Å². The molecule has 0 unspecified atom stereocenters. The van der Waals surface area contributed by atoms with Crippen LogP contribution in [0.2, 0.25) is 0 Å². The maximum Gasteiger partial charge on any atom is 0.573 e. The fraction of sp³-hybridized carbons (Fsp3) is 0.444. The second kappa shape index (κ2) is 9.59. The zero-order valence-electron chi connectivity index (χ0n) is 15.5. The number of benzene rings is 1. The Morgan fingerprint density at radius 1 is 1.11 bits per heavy atom. The van der Waals surface area contributed by atoms with Gasteiger partial charge in [-0.05, 0) is 38.0 Å². The molecule has 9 heteroatoms. The van der Waals surface area contributed by atoms with Gasteiger partial charge in [0.2, 0.25) is 0 Å². The molecular formula is C18H23F3N4OS. The first-order valence-electron chi connectivity index (χ1n) is 8.49. The topological polar surface area (TPSA) is 58.5 Å². The SMILES string of the molecule is CN=C(NCCc1ccc(OC(F)(F)F)cc1)NCCc1nc(C)c(C)s1. The van der Waals surface area contributed by atoms with Gasteiger partial charge in [-0.15, -0.1) is 24.5 Å². The molecule has 0 bridgehead atoms. The molecular weight excluding hydrogens is 377 g/mol. The molecule has 1 heterocycles. The second-order valence-electron chi connectivity index (χ2n) is 5.87. The number of nitrogens with one attached hydrogen (secondary N) is 2. The zero-order chi connectivity index (χ0) is 19.9. The number of aliphatic imine (C=N–C) groups is 1. The van der Waals surface area contributed by atoms with E-state index >= 15 is 0 Å². The van der Waals surface area contributed by atoms with Crippen molar-refractivity contribution in [2.45, 2.75) is 33.1 Å². The van der Waals surface area contributed by atoms with E-state index in [0.29, 0.717) is 18.9 Å². The van der Waals surface area contributed by atoms with Gasteiger partial charge in [0.15, 0.2) is 5.96 Å². The third-order valence-electron chi connectivity index (χ3n) is 3.79. The van der Waals surface area contributed by atoms with Gasteiger partial charge in [0, 0.05) is 31.4 Å². The van der Waals surface area contributed by atoms with Crippen molar-refractivity contribution in [3.05, 3.63) is 45.4 Å². The third kappa shape index (κ3) is 7.46. The van der Waals surface area contributed by atoms with Gasteiger partial charge < -0.3 is 15.4 Å². The van der Waals surface area contributed by atoms with Gasteiger partial charge in [0.25, 0.3) is 0 Å². The van der Waals surface area contributed by atoms with Gasteiger partial charge in [-0.1, -0.05) is 12.1 Å². The molecule has 0 aliphatic rings. The first-order chi connectivity index (χ1) is 12.8. The Hall–Kier alpha value is -2.29. The molecule has 2 N–H and O–H groups in total. The minimum absolute atomic E-state index is 0.218. The lowest BCUT2D eigenvalue weighted by atomic mass is 10.1. The fourth-order valence-corrected chi connectivity index (χ4v) is 3.27. The smallest absolute Gasteiger partial charge is 0.406 e. The summed E-state index contributed by atoms with van der Waals surface area (Å²) in [6.07, 6.45) is -3.20. The summed E-state index contributed by atoms with van der Waals surface area (Å²) in [6, 6.07) is 5.86. The highest BCUT2D eigenvalue weighted by Crippen LogP contribution is 2.22. The van der Waals surface area contributed by atoms with E-state index in [1.54, 1.807) is 30.5 Å². The van der Waals surface area contributed by atoms with Crippen molar-refractivity contribution in [1.82, 2.24) is 15.6 Å². The van der Waals surface area contributed by atoms with E-state index in [4.69, 9.17) is 0 Å². The summed E-state index contributed by atoms with van der Waals surface area (Å²) in [5.41, 5.74) is 1.98. The number of halogens is 3. The van der Waals surface area contributed by atoms with Crippen LogP contribution in [0.1, 0.15) is 21.1 Å². The molecule has 0 fully saturated rings. The third-order valence-corrected chi connectivity index (χ3v) is 4.92. The molecule has 2 aromatic rings. The summed E-state index contributed by atoms with van der Waals surface area (Å²) < 4.78 is 40.3. The Balaban J connectivity index is 1.71. The average molecular weight is 400 g/mol. The number of rotatable bonds is 7. The Morgan fingerprint density at radius 3 is 2.26 bits per heavy atom. The summed E-state index contributed by atoms with van der Waals surface area (Å²) in [6.45, 7) is 5.39. The Kier molecular flexibility index (Phi) is 7.46. The van der Waals surface area contributed by atoms with Crippen LogP contribution < -0.4 is 15.4 Å². The van der Waals surface area contributed by atoms with Crippen molar-refractivity contribution < 1.29 is 17.9 Å². The number of thiazole rings is 1. The number of hydrogen-bond donors (Lipinski definition) is 2. The van der Waals surface area contributed by atoms with E-state index in [9.17, 15) is 13.2 Å². The molecule has 1 aromatic heterocycles. The van der Waals surface area contributed by atoms with Crippen LogP contribution in [0.15, 0.2) is 29.3 Å². The van der Waals surface area contributed by atoms with E-state index in [1.165, 1.54) is 17.0 Å². The van der Waals surface area contributed by atoms with Crippen molar-refractivity contribution in [3.8, 4) is 5.75 Å². The fourth-order valence-electron chi connectivity index (χ4n) is 2.34. The number of ether oxygens (including phenoxy) is 1. The quantitative estimate of drug-likeness (QED) is 0.551. The average Bonchev–Trinajstić information content (AvgIpc) is 2.91. The molecule has 0 radical (unpaired) electrons. The summed E-state index contributed by atoms with van der Waals surface area (Å²) >= 11 is 1.70. The summed E-state index contributed by atoms with van der Waals surface area (Å²) in [4.78, 5) is 9.90. The zero-order valence-corrected chi connectivity index (χ0v) is 16.3. The Morgan fingerprint density at radius 2 is 1.74 bits per heavy atom. The lowest BCUT2D eigenvalue weighted by molar-refractivity contribution is -0.274. The van der Waals surface area contributed by atoms with Crippen molar-refractivity contribution in [2.75, 3.05) is 20.1 Å². The minimum atomic E-state index is -4.67. The van der Waals surface area contributed by atoms with Gasteiger partial charge in [-0.25, -0.2) is 4.98 Å². The monoisotopic (exact) mass is 400 g/mol. The second-order valence-corrected chi connectivity index (χ2v) is 7.15. The molecule has 0 amide bonds. The van der Waals surface area contributed by atoms with Gasteiger partial charge in [-0.2, -0.15) is 0 Å². The molecule has 27 heavy (non-hydrogen) atoms. The largest absolute Gasteiger partial charge is 0.573 e. The highest BCUT2D eigenvalue weighted by atomic mass is 32.1. The number of nitrogens with zero attached hydrogens (tertiary/aromatic N) is 2. The molecule has 2 rings (SSSR count). The number of alkyl halides is 3. The van der Waals surface area contributed by atoms with Crippen molar-refractivity contribution >= 4 is 17.3 Å². The van der Waals surface area contributed by atoms with E-state index in [0.717, 1.165) is 29.2 Å². The number of aryl methyl sites for hydroxylation is 2. The summed E-state index contributed by atoms with van der Waals surface area (Å²) in [5.74, 6) is 0.460. The van der Waals surface area contributed by atoms with Crippen LogP contribution in [0.5, 0.6) is 5.75 Å². The Bertz CT molecular complexity index is 737. The molecule has 0 spiro atoms. The highest BCUT2D eigenvalue weighted by Gasteiger charge is 2.30. The van der Waals surface area contributed by atoms with Crippen molar-refractivity contribution in [2.24, 2.45) is 4.99 Å². The van der Waals surface area contributed by atoms with Crippen molar-refractivity contribution in [1.29, 1.82) is 0 Å². The first kappa shape index (κ1) is 21.0. The van der Waals surface area contributed by atoms with Crippen LogP contribution in [0.4, 0.5) is 13.2 Å². The van der Waals surface area contributed by atoms with Crippen LogP contribution in [0, 0.1) is 13.8 Å². The lowest BCUT2D eigenvalue weighted by Gasteiger charge is -2.12. The Labute approximate surface area is 160 Å². The van der Waals surface area contributed by atoms with Crippen LogP contribution in [-0.2, 0) is 12.8 Å². The number of hydrogen-bond acceptors (Lipinski definition) is 4. The highest BCUT2D eigenvalue weighted by molar-refractivity contribution is 7.11. The van der Waals surface area contributed by atoms with E-state index in [1.807, 2.05) is 6.92 Å². The molecule has 0 saturated heterocycles. The molecule has 148 valence electrons.